The van der Waals surface area contributed by atoms with E-state index in [1.54, 1.807) is 13.2 Å². The number of aromatic nitrogens is 5. The minimum absolute atomic E-state index is 0.00558. The van der Waals surface area contributed by atoms with E-state index in [9.17, 15) is 4.79 Å². The fourth-order valence-corrected chi connectivity index (χ4v) is 4.50. The van der Waals surface area contributed by atoms with Gasteiger partial charge in [-0.05, 0) is 30.5 Å². The zero-order valence-corrected chi connectivity index (χ0v) is 19.2. The molecule has 0 unspecified atom stereocenters. The Kier molecular flexibility index (Phi) is 5.02. The van der Waals surface area contributed by atoms with E-state index in [4.69, 9.17) is 9.72 Å². The standard InChI is InChI=1S/C24H26N8O2/c1-14-9-16(14)24(33)28-20-10-17-18(11-26-23(25-2)22(17)30-29-20)19-13-32-12-15(3-4-21(32)27-19)31-5-7-34-8-6-31/h3-4,10-14,16H,5-9H2,1-2H3,(H,25,26)(H,28,29,33)/t14-,16+/m1/s1. The van der Waals surface area contributed by atoms with Crippen LogP contribution < -0.4 is 15.5 Å². The number of hydrogen-bond donors (Lipinski definition) is 2. The quantitative estimate of drug-likeness (QED) is 0.470. The third kappa shape index (κ3) is 3.69. The molecular weight excluding hydrogens is 432 g/mol. The molecule has 2 fully saturated rings. The summed E-state index contributed by atoms with van der Waals surface area (Å²) in [6, 6.07) is 5.97. The molecule has 174 valence electrons. The lowest BCUT2D eigenvalue weighted by Crippen LogP contribution is -2.36. The molecule has 2 aliphatic rings. The van der Waals surface area contributed by atoms with Crippen LogP contribution in [0.1, 0.15) is 13.3 Å². The van der Waals surface area contributed by atoms with Gasteiger partial charge in [0.15, 0.2) is 11.6 Å². The maximum atomic E-state index is 12.4. The zero-order chi connectivity index (χ0) is 23.2. The van der Waals surface area contributed by atoms with Crippen LogP contribution in [0.25, 0.3) is 27.8 Å². The number of ether oxygens (including phenoxy) is 1. The van der Waals surface area contributed by atoms with Crippen molar-refractivity contribution in [2.75, 3.05) is 48.9 Å². The van der Waals surface area contributed by atoms with Crippen molar-refractivity contribution in [1.29, 1.82) is 0 Å². The van der Waals surface area contributed by atoms with Gasteiger partial charge in [-0.1, -0.05) is 6.92 Å². The number of pyridine rings is 2. The molecule has 2 atom stereocenters. The topological polar surface area (TPSA) is 110 Å². The van der Waals surface area contributed by atoms with Gasteiger partial charge in [0.05, 0.1) is 24.6 Å². The van der Waals surface area contributed by atoms with Crippen LogP contribution in [0.2, 0.25) is 0 Å². The number of carbonyl (C=O) groups is 1. The molecule has 0 bridgehead atoms. The second kappa shape index (κ2) is 8.21. The fourth-order valence-electron chi connectivity index (χ4n) is 4.50. The monoisotopic (exact) mass is 458 g/mol. The summed E-state index contributed by atoms with van der Waals surface area (Å²) in [6.07, 6.45) is 6.80. The van der Waals surface area contributed by atoms with Crippen molar-refractivity contribution >= 4 is 39.8 Å². The molecule has 0 radical (unpaired) electrons. The molecule has 6 rings (SSSR count). The number of nitrogens with one attached hydrogen (secondary N) is 2. The Bertz CT molecular complexity index is 1390. The number of fused-ring (bicyclic) bond motifs is 2. The number of rotatable bonds is 5. The Morgan fingerprint density at radius 1 is 1.18 bits per heavy atom. The normalized spacial score (nSPS) is 20.0. The largest absolute Gasteiger partial charge is 0.378 e. The summed E-state index contributed by atoms with van der Waals surface area (Å²) in [5, 5.41) is 15.4. The van der Waals surface area contributed by atoms with Gasteiger partial charge in [0.1, 0.15) is 11.2 Å². The first-order valence-electron chi connectivity index (χ1n) is 11.6. The van der Waals surface area contributed by atoms with Gasteiger partial charge in [-0.15, -0.1) is 10.2 Å². The molecule has 1 amide bonds. The summed E-state index contributed by atoms with van der Waals surface area (Å²) in [4.78, 5) is 24.1. The Morgan fingerprint density at radius 3 is 2.76 bits per heavy atom. The summed E-state index contributed by atoms with van der Waals surface area (Å²) < 4.78 is 7.51. The minimum Gasteiger partial charge on any atom is -0.378 e. The van der Waals surface area contributed by atoms with Crippen LogP contribution in [-0.4, -0.2) is 63.8 Å². The van der Waals surface area contributed by atoms with Gasteiger partial charge in [-0.2, -0.15) is 0 Å². The van der Waals surface area contributed by atoms with Gasteiger partial charge in [-0.3, -0.25) is 4.79 Å². The molecule has 34 heavy (non-hydrogen) atoms. The SMILES string of the molecule is CNc1ncc(-c2cn3cc(N4CCOCC4)ccc3n2)c2cc(NC(=O)[C@H]3C[C@H]3C)nnc12. The van der Waals surface area contributed by atoms with E-state index in [1.165, 1.54) is 0 Å². The highest BCUT2D eigenvalue weighted by molar-refractivity contribution is 6.01. The van der Waals surface area contributed by atoms with Gasteiger partial charge >= 0.3 is 0 Å². The van der Waals surface area contributed by atoms with Crippen molar-refractivity contribution in [3.8, 4) is 11.3 Å². The number of carbonyl (C=O) groups excluding carboxylic acids is 1. The van der Waals surface area contributed by atoms with Crippen molar-refractivity contribution in [2.45, 2.75) is 13.3 Å². The Morgan fingerprint density at radius 2 is 2.00 bits per heavy atom. The van der Waals surface area contributed by atoms with Crippen LogP contribution in [0, 0.1) is 11.8 Å². The summed E-state index contributed by atoms with van der Waals surface area (Å²) in [5.41, 5.74) is 4.22. The molecule has 1 aliphatic heterocycles. The van der Waals surface area contributed by atoms with Crippen molar-refractivity contribution < 1.29 is 9.53 Å². The number of nitrogens with zero attached hydrogens (tertiary/aromatic N) is 6. The molecule has 1 saturated heterocycles. The van der Waals surface area contributed by atoms with Crippen LogP contribution >= 0.6 is 0 Å². The van der Waals surface area contributed by atoms with Crippen molar-refractivity contribution in [2.24, 2.45) is 11.8 Å². The maximum Gasteiger partial charge on any atom is 0.228 e. The molecule has 0 aromatic carbocycles. The second-order valence-electron chi connectivity index (χ2n) is 8.95. The molecule has 1 aliphatic carbocycles. The fraction of sp³-hybridized carbons (Fsp3) is 0.375. The smallest absolute Gasteiger partial charge is 0.228 e. The average molecular weight is 459 g/mol. The molecule has 1 saturated carbocycles. The number of amides is 1. The van der Waals surface area contributed by atoms with Crippen LogP contribution in [-0.2, 0) is 9.53 Å². The lowest BCUT2D eigenvalue weighted by atomic mass is 10.1. The lowest BCUT2D eigenvalue weighted by molar-refractivity contribution is -0.117. The highest BCUT2D eigenvalue weighted by Crippen LogP contribution is 2.38. The molecule has 5 heterocycles. The molecule has 4 aromatic rings. The second-order valence-corrected chi connectivity index (χ2v) is 8.95. The molecular formula is C24H26N8O2. The zero-order valence-electron chi connectivity index (χ0n) is 19.2. The Balaban J connectivity index is 1.40. The molecule has 10 nitrogen and oxygen atoms in total. The van der Waals surface area contributed by atoms with Crippen molar-refractivity contribution in [1.82, 2.24) is 24.6 Å². The Hall–Kier alpha value is -3.79. The van der Waals surface area contributed by atoms with Crippen molar-refractivity contribution in [3.05, 3.63) is 36.8 Å². The minimum atomic E-state index is -0.00558. The summed E-state index contributed by atoms with van der Waals surface area (Å²) >= 11 is 0. The predicted octanol–water partition coefficient (Wildman–Crippen LogP) is 2.81. The maximum absolute atomic E-state index is 12.4. The third-order valence-corrected chi connectivity index (χ3v) is 6.65. The number of morpholine rings is 1. The van der Waals surface area contributed by atoms with Gasteiger partial charge in [0.25, 0.3) is 0 Å². The first kappa shape index (κ1) is 20.8. The van der Waals surface area contributed by atoms with Crippen molar-refractivity contribution in [3.63, 3.8) is 0 Å². The van der Waals surface area contributed by atoms with Gasteiger partial charge in [-0.25, -0.2) is 9.97 Å². The molecule has 0 spiro atoms. The highest BCUT2D eigenvalue weighted by atomic mass is 16.5. The van der Waals surface area contributed by atoms with Crippen LogP contribution in [0.3, 0.4) is 0 Å². The van der Waals surface area contributed by atoms with E-state index in [0.29, 0.717) is 23.1 Å². The van der Waals surface area contributed by atoms with Crippen LogP contribution in [0.5, 0.6) is 0 Å². The third-order valence-electron chi connectivity index (χ3n) is 6.65. The molecule has 10 heteroatoms. The van der Waals surface area contributed by atoms with Gasteiger partial charge < -0.3 is 24.7 Å². The first-order valence-corrected chi connectivity index (χ1v) is 11.6. The summed E-state index contributed by atoms with van der Waals surface area (Å²) in [6.45, 7) is 5.30. The first-order chi connectivity index (χ1) is 16.6. The lowest BCUT2D eigenvalue weighted by Gasteiger charge is -2.28. The average Bonchev–Trinajstić information content (AvgIpc) is 3.45. The van der Waals surface area contributed by atoms with E-state index < -0.39 is 0 Å². The number of imidazole rings is 1. The van der Waals surface area contributed by atoms with Crippen LogP contribution in [0.4, 0.5) is 17.3 Å². The van der Waals surface area contributed by atoms with Crippen LogP contribution in [0.15, 0.2) is 36.8 Å². The molecule has 2 N–H and O–H groups in total. The van der Waals surface area contributed by atoms with E-state index in [-0.39, 0.29) is 11.8 Å². The highest BCUT2D eigenvalue weighted by Gasteiger charge is 2.39. The van der Waals surface area contributed by atoms with E-state index in [0.717, 1.165) is 60.7 Å². The van der Waals surface area contributed by atoms with Gasteiger partial charge in [0, 0.05) is 55.6 Å². The summed E-state index contributed by atoms with van der Waals surface area (Å²) in [7, 11) is 1.80. The number of hydrogen-bond acceptors (Lipinski definition) is 8. The molecule has 4 aromatic heterocycles. The number of anilines is 3. The summed E-state index contributed by atoms with van der Waals surface area (Å²) in [5.74, 6) is 1.53. The predicted molar refractivity (Wildman–Crippen MR) is 130 cm³/mol. The van der Waals surface area contributed by atoms with E-state index in [2.05, 4.69) is 49.9 Å². The van der Waals surface area contributed by atoms with E-state index >= 15 is 0 Å². The van der Waals surface area contributed by atoms with E-state index in [1.807, 2.05) is 22.7 Å². The van der Waals surface area contributed by atoms with Gasteiger partial charge in [0.2, 0.25) is 5.91 Å². The Labute approximate surface area is 196 Å².